The van der Waals surface area contributed by atoms with E-state index in [0.717, 1.165) is 62.4 Å². The number of aromatic amines is 1. The molecule has 2 N–H and O–H groups in total. The van der Waals surface area contributed by atoms with Crippen molar-refractivity contribution in [3.05, 3.63) is 35.8 Å². The maximum absolute atomic E-state index is 13.3. The van der Waals surface area contributed by atoms with Crippen molar-refractivity contribution >= 4 is 16.9 Å². The van der Waals surface area contributed by atoms with E-state index in [4.69, 9.17) is 9.73 Å². The minimum atomic E-state index is -0.214. The van der Waals surface area contributed by atoms with Crippen LogP contribution in [0.3, 0.4) is 0 Å². The number of rotatable bonds is 6. The summed E-state index contributed by atoms with van der Waals surface area (Å²) in [6.07, 6.45) is 5.26. The summed E-state index contributed by atoms with van der Waals surface area (Å²) >= 11 is 0. The van der Waals surface area contributed by atoms with E-state index in [9.17, 15) is 4.39 Å². The lowest BCUT2D eigenvalue weighted by Gasteiger charge is -2.34. The van der Waals surface area contributed by atoms with Crippen molar-refractivity contribution in [2.45, 2.75) is 39.2 Å². The number of aliphatic imine (C=N–C) groups is 1. The molecule has 0 bridgehead atoms. The molecule has 2 aromatic rings. The number of halogens is 1. The number of aromatic nitrogens is 1. The van der Waals surface area contributed by atoms with Gasteiger partial charge in [0.2, 0.25) is 0 Å². The van der Waals surface area contributed by atoms with Gasteiger partial charge in [-0.05, 0) is 56.9 Å². The summed E-state index contributed by atoms with van der Waals surface area (Å²) < 4.78 is 19.0. The molecule has 0 aliphatic carbocycles. The van der Waals surface area contributed by atoms with E-state index in [2.05, 4.69) is 29.0 Å². The van der Waals surface area contributed by atoms with Gasteiger partial charge in [0.05, 0.1) is 6.10 Å². The van der Waals surface area contributed by atoms with E-state index < -0.39 is 0 Å². The van der Waals surface area contributed by atoms with Gasteiger partial charge in [0.25, 0.3) is 0 Å². The summed E-state index contributed by atoms with van der Waals surface area (Å²) in [5.41, 5.74) is 2.02. The number of guanidine groups is 1. The zero-order chi connectivity index (χ0) is 18.4. The van der Waals surface area contributed by atoms with Crippen LogP contribution in [0.25, 0.3) is 10.9 Å². The smallest absolute Gasteiger partial charge is 0.193 e. The summed E-state index contributed by atoms with van der Waals surface area (Å²) in [6, 6.07) is 4.88. The zero-order valence-corrected chi connectivity index (χ0v) is 15.7. The van der Waals surface area contributed by atoms with Crippen LogP contribution in [-0.2, 0) is 11.2 Å². The molecule has 0 spiro atoms. The molecule has 6 heteroatoms. The number of nitrogens with zero attached hydrogens (tertiary/aromatic N) is 2. The molecule has 0 saturated carbocycles. The summed E-state index contributed by atoms with van der Waals surface area (Å²) in [4.78, 5) is 10.3. The number of benzene rings is 1. The number of likely N-dealkylation sites (tertiary alicyclic amines) is 1. The lowest BCUT2D eigenvalue weighted by Crippen LogP contribution is -2.47. The predicted octanol–water partition coefficient (Wildman–Crippen LogP) is 3.32. The Labute approximate surface area is 154 Å². The average Bonchev–Trinajstić information content (AvgIpc) is 3.04. The van der Waals surface area contributed by atoms with Crippen LogP contribution in [-0.4, -0.2) is 54.7 Å². The molecule has 26 heavy (non-hydrogen) atoms. The Bertz CT molecular complexity index is 734. The van der Waals surface area contributed by atoms with E-state index in [0.29, 0.717) is 12.6 Å². The standard InChI is InChI=1S/C20H29FN4O/c1-3-22-20(25-11-8-17(9-12-25)26-4-2)23-10-7-15-14-24-19-13-16(21)5-6-18(15)19/h5-6,13-14,17,24H,3-4,7-12H2,1-2H3,(H,22,23). The maximum Gasteiger partial charge on any atom is 0.193 e. The molecule has 5 nitrogen and oxygen atoms in total. The molecule has 1 aromatic heterocycles. The quantitative estimate of drug-likeness (QED) is 0.614. The number of H-pyrrole nitrogens is 1. The van der Waals surface area contributed by atoms with Crippen molar-refractivity contribution in [2.24, 2.45) is 4.99 Å². The van der Waals surface area contributed by atoms with Gasteiger partial charge in [0, 0.05) is 49.9 Å². The van der Waals surface area contributed by atoms with Crippen LogP contribution in [0.1, 0.15) is 32.3 Å². The van der Waals surface area contributed by atoms with E-state index in [1.807, 2.05) is 12.3 Å². The topological polar surface area (TPSA) is 52.7 Å². The summed E-state index contributed by atoms with van der Waals surface area (Å²) in [5, 5.41) is 4.47. The molecule has 1 saturated heterocycles. The fourth-order valence-corrected chi connectivity index (χ4v) is 3.54. The minimum absolute atomic E-state index is 0.214. The molecular formula is C20H29FN4O. The molecule has 2 heterocycles. The molecule has 1 aromatic carbocycles. The first-order valence-corrected chi connectivity index (χ1v) is 9.61. The average molecular weight is 360 g/mol. The van der Waals surface area contributed by atoms with Gasteiger partial charge in [-0.1, -0.05) is 0 Å². The van der Waals surface area contributed by atoms with Crippen LogP contribution >= 0.6 is 0 Å². The van der Waals surface area contributed by atoms with Crippen molar-refractivity contribution in [2.75, 3.05) is 32.8 Å². The lowest BCUT2D eigenvalue weighted by atomic mass is 10.1. The van der Waals surface area contributed by atoms with Gasteiger partial charge >= 0.3 is 0 Å². The van der Waals surface area contributed by atoms with E-state index in [-0.39, 0.29) is 5.82 Å². The number of piperidine rings is 1. The fraction of sp³-hybridized carbons (Fsp3) is 0.550. The van der Waals surface area contributed by atoms with Crippen LogP contribution in [0.2, 0.25) is 0 Å². The number of hydrogen-bond donors (Lipinski definition) is 2. The third kappa shape index (κ3) is 4.55. The summed E-state index contributed by atoms with van der Waals surface area (Å²) in [6.45, 7) is 8.45. The highest BCUT2D eigenvalue weighted by Gasteiger charge is 2.21. The van der Waals surface area contributed by atoms with E-state index in [1.165, 1.54) is 17.7 Å². The highest BCUT2D eigenvalue weighted by Crippen LogP contribution is 2.20. The second kappa shape index (κ2) is 9.03. The Balaban J connectivity index is 1.60. The van der Waals surface area contributed by atoms with Gasteiger partial charge in [0.15, 0.2) is 5.96 Å². The van der Waals surface area contributed by atoms with Crippen molar-refractivity contribution in [1.29, 1.82) is 0 Å². The lowest BCUT2D eigenvalue weighted by molar-refractivity contribution is 0.0264. The second-order valence-electron chi connectivity index (χ2n) is 6.63. The van der Waals surface area contributed by atoms with Gasteiger partial charge < -0.3 is 19.9 Å². The molecule has 0 radical (unpaired) electrons. The van der Waals surface area contributed by atoms with Crippen molar-refractivity contribution in [3.63, 3.8) is 0 Å². The SMILES string of the molecule is CCNC(=NCCc1c[nH]c2cc(F)ccc12)N1CCC(OCC)CC1. The highest BCUT2D eigenvalue weighted by atomic mass is 19.1. The first-order chi connectivity index (χ1) is 12.7. The molecule has 1 aliphatic rings. The number of ether oxygens (including phenoxy) is 1. The molecule has 0 unspecified atom stereocenters. The predicted molar refractivity (Wildman–Crippen MR) is 104 cm³/mol. The van der Waals surface area contributed by atoms with Crippen molar-refractivity contribution in [3.8, 4) is 0 Å². The van der Waals surface area contributed by atoms with Gasteiger partial charge in [-0.2, -0.15) is 0 Å². The molecule has 1 aliphatic heterocycles. The Morgan fingerprint density at radius 2 is 2.15 bits per heavy atom. The monoisotopic (exact) mass is 360 g/mol. The Kier molecular flexibility index (Phi) is 6.50. The molecule has 0 amide bonds. The largest absolute Gasteiger partial charge is 0.378 e. The molecule has 0 atom stereocenters. The number of hydrogen-bond acceptors (Lipinski definition) is 2. The Morgan fingerprint density at radius 3 is 2.88 bits per heavy atom. The van der Waals surface area contributed by atoms with Crippen LogP contribution in [0, 0.1) is 5.82 Å². The summed E-state index contributed by atoms with van der Waals surface area (Å²) in [5.74, 6) is 0.766. The van der Waals surface area contributed by atoms with Gasteiger partial charge in [-0.25, -0.2) is 4.39 Å². The maximum atomic E-state index is 13.3. The number of fused-ring (bicyclic) bond motifs is 1. The molecule has 142 valence electrons. The van der Waals surface area contributed by atoms with E-state index >= 15 is 0 Å². The molecule has 1 fully saturated rings. The first-order valence-electron chi connectivity index (χ1n) is 9.61. The Hall–Kier alpha value is -2.08. The first kappa shape index (κ1) is 18.7. The normalized spacial score (nSPS) is 16.4. The Morgan fingerprint density at radius 1 is 1.35 bits per heavy atom. The zero-order valence-electron chi connectivity index (χ0n) is 15.7. The second-order valence-corrected chi connectivity index (χ2v) is 6.63. The minimum Gasteiger partial charge on any atom is -0.378 e. The third-order valence-corrected chi connectivity index (χ3v) is 4.85. The van der Waals surface area contributed by atoms with E-state index in [1.54, 1.807) is 0 Å². The fourth-order valence-electron chi connectivity index (χ4n) is 3.54. The molecule has 3 rings (SSSR count). The van der Waals surface area contributed by atoms with Crippen LogP contribution in [0.4, 0.5) is 4.39 Å². The molecular weight excluding hydrogens is 331 g/mol. The van der Waals surface area contributed by atoms with Crippen molar-refractivity contribution in [1.82, 2.24) is 15.2 Å². The van der Waals surface area contributed by atoms with Crippen LogP contribution in [0.5, 0.6) is 0 Å². The third-order valence-electron chi connectivity index (χ3n) is 4.85. The summed E-state index contributed by atoms with van der Waals surface area (Å²) in [7, 11) is 0. The number of nitrogens with one attached hydrogen (secondary N) is 2. The van der Waals surface area contributed by atoms with Crippen molar-refractivity contribution < 1.29 is 9.13 Å². The van der Waals surface area contributed by atoms with Crippen LogP contribution in [0.15, 0.2) is 29.4 Å². The van der Waals surface area contributed by atoms with Gasteiger partial charge in [-0.3, -0.25) is 4.99 Å². The van der Waals surface area contributed by atoms with Gasteiger partial charge in [0.1, 0.15) is 5.82 Å². The van der Waals surface area contributed by atoms with Crippen LogP contribution < -0.4 is 5.32 Å². The van der Waals surface area contributed by atoms with Gasteiger partial charge in [-0.15, -0.1) is 0 Å². The highest BCUT2D eigenvalue weighted by molar-refractivity contribution is 5.83.